The lowest BCUT2D eigenvalue weighted by atomic mass is 9.74. The second-order valence-electron chi connectivity index (χ2n) is 18.8. The third-order valence-electron chi connectivity index (χ3n) is 14.0. The van der Waals surface area contributed by atoms with E-state index >= 15 is 0 Å². The van der Waals surface area contributed by atoms with Crippen molar-refractivity contribution in [2.45, 2.75) is 0 Å². The number of H-pyrrole nitrogens is 2. The number of aromatic amines is 2. The Bertz CT molecular complexity index is 3860. The van der Waals surface area contributed by atoms with Gasteiger partial charge in [0.15, 0.2) is 0 Å². The summed E-state index contributed by atoms with van der Waals surface area (Å²) in [4.78, 5) is 25.1. The number of hydrogen-bond acceptors (Lipinski definition) is 4. The summed E-state index contributed by atoms with van der Waals surface area (Å²) in [5.74, 6) is 0. The number of aliphatic imine (C=N–C) groups is 2. The Kier molecular flexibility index (Phi) is 12.2. The molecule has 76 heavy (non-hydrogen) atoms. The largest absolute Gasteiger partial charge is 0.338 e. The molecule has 6 nitrogen and oxygen atoms in total. The maximum Gasteiger partial charge on any atom is 0.137 e. The van der Waals surface area contributed by atoms with Crippen LogP contribution in [0.3, 0.4) is 0 Å². The zero-order valence-corrected chi connectivity index (χ0v) is 41.3. The molecule has 0 aliphatic heterocycles. The van der Waals surface area contributed by atoms with Gasteiger partial charge in [-0.3, -0.25) is 9.98 Å². The van der Waals surface area contributed by atoms with Crippen molar-refractivity contribution in [3.8, 4) is 89.0 Å². The molecule has 9 aromatic carbocycles. The number of nitrogens with zero attached hydrogens (tertiary/aromatic N) is 4. The fourth-order valence-corrected chi connectivity index (χ4v) is 10.4. The number of hydrogen-bond donors (Lipinski definition) is 2. The molecule has 0 bridgehead atoms. The van der Waals surface area contributed by atoms with Crippen LogP contribution in [0.5, 0.6) is 0 Å². The molecule has 0 atom stereocenters. The summed E-state index contributed by atoms with van der Waals surface area (Å²) in [6.07, 6.45) is 7.30. The summed E-state index contributed by atoms with van der Waals surface area (Å²) in [5, 5.41) is 2.12. The topological polar surface area (TPSA) is 82.1 Å². The van der Waals surface area contributed by atoms with Crippen LogP contribution in [-0.2, 0) is 0 Å². The van der Waals surface area contributed by atoms with Crippen molar-refractivity contribution < 1.29 is 0 Å². The molecule has 0 unspecified atom stereocenters. The zero-order chi connectivity index (χ0) is 50.6. The van der Waals surface area contributed by atoms with E-state index < -0.39 is 0 Å². The Hall–Kier alpha value is -10.3. The maximum atomic E-state index is 4.79. The summed E-state index contributed by atoms with van der Waals surface area (Å²) in [6, 6.07) is 90.9. The van der Waals surface area contributed by atoms with Gasteiger partial charge in [-0.1, -0.05) is 194 Å². The van der Waals surface area contributed by atoms with E-state index in [9.17, 15) is 0 Å². The summed E-state index contributed by atoms with van der Waals surface area (Å²) in [6.45, 7) is 0. The van der Waals surface area contributed by atoms with E-state index in [-0.39, 0.29) is 0 Å². The second kappa shape index (κ2) is 20.3. The molecule has 0 aliphatic rings. The third kappa shape index (κ3) is 9.12. The highest BCUT2D eigenvalue weighted by Crippen LogP contribution is 2.56. The lowest BCUT2D eigenvalue weighted by Crippen LogP contribution is -2.02. The van der Waals surface area contributed by atoms with E-state index in [1.807, 2.05) is 36.7 Å². The molecular formula is C70H48N6. The summed E-state index contributed by atoms with van der Waals surface area (Å²) in [7, 11) is 0. The van der Waals surface area contributed by atoms with Gasteiger partial charge in [-0.25, -0.2) is 9.97 Å². The first-order valence-electron chi connectivity index (χ1n) is 25.5. The Morgan fingerprint density at radius 3 is 0.816 bits per heavy atom. The van der Waals surface area contributed by atoms with Crippen molar-refractivity contribution in [3.05, 3.63) is 279 Å². The normalized spacial score (nSPS) is 11.6. The summed E-state index contributed by atoms with van der Waals surface area (Å²) >= 11 is 0. The predicted molar refractivity (Wildman–Crippen MR) is 317 cm³/mol. The first-order valence-corrected chi connectivity index (χ1v) is 25.5. The molecule has 358 valence electrons. The van der Waals surface area contributed by atoms with Gasteiger partial charge in [0, 0.05) is 23.2 Å². The van der Waals surface area contributed by atoms with Crippen molar-refractivity contribution in [1.82, 2.24) is 19.9 Å². The molecule has 0 amide bonds. The average molecular weight is 973 g/mol. The Balaban J connectivity index is 0.963. The van der Waals surface area contributed by atoms with Gasteiger partial charge in [0.25, 0.3) is 0 Å². The zero-order valence-electron chi connectivity index (χ0n) is 41.3. The summed E-state index contributed by atoms with van der Waals surface area (Å²) in [5.41, 5.74) is 23.5. The van der Waals surface area contributed by atoms with E-state index in [0.717, 1.165) is 112 Å². The third-order valence-corrected chi connectivity index (χ3v) is 14.0. The molecule has 0 saturated heterocycles. The number of pyridine rings is 2. The van der Waals surface area contributed by atoms with Gasteiger partial charge in [0.1, 0.15) is 11.3 Å². The molecular weight excluding hydrogens is 925 g/mol. The molecule has 6 heteroatoms. The van der Waals surface area contributed by atoms with Crippen LogP contribution in [0.1, 0.15) is 11.4 Å². The first kappa shape index (κ1) is 45.6. The van der Waals surface area contributed by atoms with Crippen molar-refractivity contribution in [3.63, 3.8) is 0 Å². The molecule has 0 fully saturated rings. The standard InChI is InChI=1S/C70H48N6/c1-5-15-51(16-6-1)63-64(52-17-7-2-8-18-52)66(54-21-11-4-12-22-54)68(56-31-27-48(28-32-56)50-35-39-60(40-36-50)74-46-62-44-58-24-14-42-72-70(58)76-62)67(65(63)53-19-9-3-10-20-53)55-29-25-47(26-30-55)49-33-37-59(38-34-49)73-45-61-43-57-23-13-41-71-69(57)75-61/h1-46H,(H,71,75)(H,72,76). The molecule has 4 heterocycles. The molecule has 0 aliphatic carbocycles. The van der Waals surface area contributed by atoms with Gasteiger partial charge in [-0.2, -0.15) is 0 Å². The van der Waals surface area contributed by atoms with Crippen LogP contribution < -0.4 is 0 Å². The average Bonchev–Trinajstić information content (AvgIpc) is 4.13. The van der Waals surface area contributed by atoms with Gasteiger partial charge < -0.3 is 9.97 Å². The Labute approximate surface area is 441 Å². The van der Waals surface area contributed by atoms with E-state index in [1.165, 1.54) is 22.3 Å². The molecule has 0 radical (unpaired) electrons. The van der Waals surface area contributed by atoms with Crippen LogP contribution >= 0.6 is 0 Å². The smallest absolute Gasteiger partial charge is 0.137 e. The molecule has 13 aromatic rings. The van der Waals surface area contributed by atoms with E-state index in [4.69, 9.17) is 9.98 Å². The highest BCUT2D eigenvalue weighted by Gasteiger charge is 2.29. The van der Waals surface area contributed by atoms with Gasteiger partial charge in [0.05, 0.1) is 35.2 Å². The number of rotatable bonds is 12. The van der Waals surface area contributed by atoms with E-state index in [0.29, 0.717) is 0 Å². The van der Waals surface area contributed by atoms with E-state index in [1.54, 1.807) is 12.4 Å². The molecule has 2 N–H and O–H groups in total. The number of aromatic nitrogens is 4. The van der Waals surface area contributed by atoms with E-state index in [2.05, 4.69) is 250 Å². The van der Waals surface area contributed by atoms with Crippen molar-refractivity contribution >= 4 is 45.9 Å². The highest BCUT2D eigenvalue weighted by molar-refractivity contribution is 6.15. The molecule has 13 rings (SSSR count). The van der Waals surface area contributed by atoms with Crippen LogP contribution in [0.25, 0.3) is 111 Å². The van der Waals surface area contributed by atoms with Gasteiger partial charge in [-0.05, 0) is 150 Å². The van der Waals surface area contributed by atoms with Crippen molar-refractivity contribution in [1.29, 1.82) is 0 Å². The molecule has 4 aromatic heterocycles. The van der Waals surface area contributed by atoms with Gasteiger partial charge in [0.2, 0.25) is 0 Å². The number of fused-ring (bicyclic) bond motifs is 2. The predicted octanol–water partition coefficient (Wildman–Crippen LogP) is 18.3. The number of benzene rings is 9. The molecule has 0 spiro atoms. The minimum absolute atomic E-state index is 0.851. The van der Waals surface area contributed by atoms with Gasteiger partial charge in [-0.15, -0.1) is 0 Å². The fourth-order valence-electron chi connectivity index (χ4n) is 10.4. The van der Waals surface area contributed by atoms with Crippen LogP contribution in [0.15, 0.2) is 277 Å². The minimum atomic E-state index is 0.851. The minimum Gasteiger partial charge on any atom is -0.338 e. The van der Waals surface area contributed by atoms with Crippen LogP contribution in [-0.4, -0.2) is 32.4 Å². The quantitative estimate of drug-likeness (QED) is 0.120. The SMILES string of the molecule is C(=Nc1ccc(-c2ccc(-c3c(-c4ccccc4)c(-c4ccccc4)c(-c4ccccc4)c(-c4ccccc4)c3-c3ccc(-c4ccc(N=Cc5cc6cccnc6[nH]5)cc4)cc3)cc2)cc1)c1cc2cccnc2[nH]1. The highest BCUT2D eigenvalue weighted by atomic mass is 14.9. The van der Waals surface area contributed by atoms with Crippen molar-refractivity contribution in [2.24, 2.45) is 9.98 Å². The number of nitrogens with one attached hydrogen (secondary N) is 2. The fraction of sp³-hybridized carbons (Fsp3) is 0. The van der Waals surface area contributed by atoms with Crippen LogP contribution in [0, 0.1) is 0 Å². The Morgan fingerprint density at radius 2 is 0.526 bits per heavy atom. The Morgan fingerprint density at radius 1 is 0.263 bits per heavy atom. The maximum absolute atomic E-state index is 4.79. The summed E-state index contributed by atoms with van der Waals surface area (Å²) < 4.78 is 0. The lowest BCUT2D eigenvalue weighted by Gasteiger charge is -2.29. The van der Waals surface area contributed by atoms with Crippen molar-refractivity contribution in [2.75, 3.05) is 0 Å². The van der Waals surface area contributed by atoms with Crippen LogP contribution in [0.4, 0.5) is 11.4 Å². The first-order chi connectivity index (χ1) is 37.7. The monoisotopic (exact) mass is 972 g/mol. The lowest BCUT2D eigenvalue weighted by molar-refractivity contribution is 1.31. The van der Waals surface area contributed by atoms with Gasteiger partial charge >= 0.3 is 0 Å². The second-order valence-corrected chi connectivity index (χ2v) is 18.8. The molecule has 0 saturated carbocycles. The van der Waals surface area contributed by atoms with Crippen LogP contribution in [0.2, 0.25) is 0 Å².